The summed E-state index contributed by atoms with van der Waals surface area (Å²) in [4.78, 5) is 23.5. The Kier molecular flexibility index (Phi) is 4.05. The van der Waals surface area contributed by atoms with Gasteiger partial charge in [-0.25, -0.2) is 0 Å². The van der Waals surface area contributed by atoms with Gasteiger partial charge in [0.1, 0.15) is 0 Å². The lowest BCUT2D eigenvalue weighted by atomic mass is 10.1. The fourth-order valence-corrected chi connectivity index (χ4v) is 2.87. The highest BCUT2D eigenvalue weighted by Crippen LogP contribution is 2.30. The lowest BCUT2D eigenvalue weighted by molar-refractivity contribution is -0.116. The van der Waals surface area contributed by atoms with Gasteiger partial charge < -0.3 is 10.6 Å². The summed E-state index contributed by atoms with van der Waals surface area (Å²) in [6, 6.07) is 10.5. The summed E-state index contributed by atoms with van der Waals surface area (Å²) in [6.45, 7) is 0. The van der Waals surface area contributed by atoms with Crippen LogP contribution in [-0.2, 0) is 22.4 Å². The molecule has 0 aromatic heterocycles. The lowest BCUT2D eigenvalue weighted by Gasteiger charge is -2.09. The first-order chi connectivity index (χ1) is 10.5. The van der Waals surface area contributed by atoms with Crippen LogP contribution in [0.25, 0.3) is 0 Å². The molecule has 2 aromatic carbocycles. The summed E-state index contributed by atoms with van der Waals surface area (Å²) in [7, 11) is 0. The normalized spacial score (nSPS) is 12.7. The maximum atomic E-state index is 12.1. The van der Waals surface area contributed by atoms with Crippen LogP contribution < -0.4 is 10.6 Å². The second-order valence-electron chi connectivity index (χ2n) is 5.04. The minimum absolute atomic E-state index is 0.0283. The molecular formula is C16H12Cl2N2O2. The molecule has 2 amide bonds. The summed E-state index contributed by atoms with van der Waals surface area (Å²) >= 11 is 12.0. The Balaban J connectivity index is 1.73. The summed E-state index contributed by atoms with van der Waals surface area (Å²) in [5.74, 6) is -0.244. The molecule has 1 heterocycles. The van der Waals surface area contributed by atoms with Crippen LogP contribution in [0.3, 0.4) is 0 Å². The quantitative estimate of drug-likeness (QED) is 0.899. The van der Waals surface area contributed by atoms with Gasteiger partial charge in [0.05, 0.1) is 28.6 Å². The van der Waals surface area contributed by atoms with Crippen LogP contribution in [0, 0.1) is 0 Å². The van der Waals surface area contributed by atoms with Crippen molar-refractivity contribution in [2.45, 2.75) is 12.8 Å². The van der Waals surface area contributed by atoms with E-state index in [0.717, 1.165) is 16.8 Å². The molecule has 0 fully saturated rings. The van der Waals surface area contributed by atoms with Gasteiger partial charge in [-0.1, -0.05) is 41.4 Å². The van der Waals surface area contributed by atoms with E-state index in [1.807, 2.05) is 18.2 Å². The molecule has 1 aliphatic heterocycles. The molecule has 0 saturated carbocycles. The van der Waals surface area contributed by atoms with Crippen molar-refractivity contribution in [1.29, 1.82) is 0 Å². The SMILES string of the molecule is O=C1Cc2cc(CC(=O)Nc3c(Cl)cccc3Cl)ccc2N1. The highest BCUT2D eigenvalue weighted by Gasteiger charge is 2.18. The Morgan fingerprint density at radius 2 is 1.91 bits per heavy atom. The molecule has 4 nitrogen and oxygen atoms in total. The van der Waals surface area contributed by atoms with Crippen LogP contribution in [0.2, 0.25) is 10.0 Å². The number of carbonyl (C=O) groups excluding carboxylic acids is 2. The minimum Gasteiger partial charge on any atom is -0.326 e. The van der Waals surface area contributed by atoms with Crippen LogP contribution in [0.15, 0.2) is 36.4 Å². The van der Waals surface area contributed by atoms with Crippen molar-refractivity contribution in [1.82, 2.24) is 0 Å². The third-order valence-corrected chi connectivity index (χ3v) is 4.02. The zero-order valence-electron chi connectivity index (χ0n) is 11.5. The standard InChI is InChI=1S/C16H12Cl2N2O2/c17-11-2-1-3-12(18)16(11)20-14(21)7-9-4-5-13-10(6-9)8-15(22)19-13/h1-6H,7-8H2,(H,19,22)(H,20,21). The van der Waals surface area contributed by atoms with E-state index in [-0.39, 0.29) is 18.2 Å². The van der Waals surface area contributed by atoms with Gasteiger partial charge in [0.2, 0.25) is 11.8 Å². The van der Waals surface area contributed by atoms with E-state index >= 15 is 0 Å². The Morgan fingerprint density at radius 1 is 1.18 bits per heavy atom. The largest absolute Gasteiger partial charge is 0.326 e. The first-order valence-electron chi connectivity index (χ1n) is 6.68. The molecule has 0 radical (unpaired) electrons. The van der Waals surface area contributed by atoms with Gasteiger partial charge in [-0.05, 0) is 29.3 Å². The molecular weight excluding hydrogens is 323 g/mol. The number of benzene rings is 2. The Bertz CT molecular complexity index is 754. The number of hydrogen-bond donors (Lipinski definition) is 2. The fourth-order valence-electron chi connectivity index (χ4n) is 2.38. The number of halogens is 2. The first-order valence-corrected chi connectivity index (χ1v) is 7.44. The van der Waals surface area contributed by atoms with Crippen LogP contribution >= 0.6 is 23.2 Å². The second-order valence-corrected chi connectivity index (χ2v) is 5.85. The molecule has 22 heavy (non-hydrogen) atoms. The third kappa shape index (κ3) is 3.08. The number of amides is 2. The predicted octanol–water partition coefficient (Wildman–Crippen LogP) is 3.67. The molecule has 6 heteroatoms. The number of anilines is 2. The minimum atomic E-state index is -0.216. The number of nitrogens with one attached hydrogen (secondary N) is 2. The maximum absolute atomic E-state index is 12.1. The average molecular weight is 335 g/mol. The van der Waals surface area contributed by atoms with Crippen molar-refractivity contribution in [3.63, 3.8) is 0 Å². The van der Waals surface area contributed by atoms with Gasteiger partial charge in [0.25, 0.3) is 0 Å². The average Bonchev–Trinajstić information content (AvgIpc) is 2.82. The van der Waals surface area contributed by atoms with E-state index in [2.05, 4.69) is 10.6 Å². The van der Waals surface area contributed by atoms with Gasteiger partial charge in [-0.2, -0.15) is 0 Å². The predicted molar refractivity (Wildman–Crippen MR) is 87.6 cm³/mol. The zero-order chi connectivity index (χ0) is 15.7. The monoisotopic (exact) mass is 334 g/mol. The van der Waals surface area contributed by atoms with Crippen molar-refractivity contribution < 1.29 is 9.59 Å². The molecule has 112 valence electrons. The maximum Gasteiger partial charge on any atom is 0.228 e. The summed E-state index contributed by atoms with van der Waals surface area (Å²) in [5.41, 5.74) is 2.96. The third-order valence-electron chi connectivity index (χ3n) is 3.39. The number of rotatable bonds is 3. The number of fused-ring (bicyclic) bond motifs is 1. The molecule has 0 spiro atoms. The number of para-hydroxylation sites is 1. The van der Waals surface area contributed by atoms with Crippen molar-refractivity contribution >= 4 is 46.4 Å². The van der Waals surface area contributed by atoms with E-state index in [4.69, 9.17) is 23.2 Å². The van der Waals surface area contributed by atoms with Crippen LogP contribution in [-0.4, -0.2) is 11.8 Å². The summed E-state index contributed by atoms with van der Waals surface area (Å²) in [5, 5.41) is 6.26. The molecule has 1 aliphatic rings. The highest BCUT2D eigenvalue weighted by atomic mass is 35.5. The van der Waals surface area contributed by atoms with E-state index in [0.29, 0.717) is 22.2 Å². The molecule has 0 unspecified atom stereocenters. The topological polar surface area (TPSA) is 58.2 Å². The second kappa shape index (κ2) is 5.99. The summed E-state index contributed by atoms with van der Waals surface area (Å²) in [6.07, 6.45) is 0.532. The molecule has 0 atom stereocenters. The molecule has 2 N–H and O–H groups in total. The highest BCUT2D eigenvalue weighted by molar-refractivity contribution is 6.39. The molecule has 0 bridgehead atoms. The van der Waals surface area contributed by atoms with Gasteiger partial charge in [0.15, 0.2) is 0 Å². The van der Waals surface area contributed by atoms with Crippen LogP contribution in [0.5, 0.6) is 0 Å². The van der Waals surface area contributed by atoms with Gasteiger partial charge in [-0.3, -0.25) is 9.59 Å². The van der Waals surface area contributed by atoms with E-state index < -0.39 is 0 Å². The van der Waals surface area contributed by atoms with Gasteiger partial charge >= 0.3 is 0 Å². The van der Waals surface area contributed by atoms with Crippen molar-refractivity contribution in [3.8, 4) is 0 Å². The van der Waals surface area contributed by atoms with Crippen molar-refractivity contribution in [3.05, 3.63) is 57.6 Å². The molecule has 0 saturated heterocycles. The van der Waals surface area contributed by atoms with Gasteiger partial charge in [0, 0.05) is 5.69 Å². The zero-order valence-corrected chi connectivity index (χ0v) is 13.0. The number of hydrogen-bond acceptors (Lipinski definition) is 2. The lowest BCUT2D eigenvalue weighted by Crippen LogP contribution is -2.15. The molecule has 3 rings (SSSR count). The first kappa shape index (κ1) is 14.9. The smallest absolute Gasteiger partial charge is 0.228 e. The van der Waals surface area contributed by atoms with E-state index in [9.17, 15) is 9.59 Å². The fraction of sp³-hybridized carbons (Fsp3) is 0.125. The van der Waals surface area contributed by atoms with Crippen LogP contribution in [0.1, 0.15) is 11.1 Å². The van der Waals surface area contributed by atoms with E-state index in [1.54, 1.807) is 18.2 Å². The van der Waals surface area contributed by atoms with Crippen LogP contribution in [0.4, 0.5) is 11.4 Å². The Morgan fingerprint density at radius 3 is 2.64 bits per heavy atom. The Hall–Kier alpha value is -2.04. The molecule has 0 aliphatic carbocycles. The Labute approximate surface area is 137 Å². The van der Waals surface area contributed by atoms with Crippen molar-refractivity contribution in [2.75, 3.05) is 10.6 Å². The molecule has 2 aromatic rings. The number of carbonyl (C=O) groups is 2. The van der Waals surface area contributed by atoms with E-state index in [1.165, 1.54) is 0 Å². The van der Waals surface area contributed by atoms with Crippen molar-refractivity contribution in [2.24, 2.45) is 0 Å². The van der Waals surface area contributed by atoms with Gasteiger partial charge in [-0.15, -0.1) is 0 Å². The summed E-state index contributed by atoms with van der Waals surface area (Å²) < 4.78 is 0.